The first kappa shape index (κ1) is 15.1. The number of halogens is 3. The zero-order valence-electron chi connectivity index (χ0n) is 10.1. The van der Waals surface area contributed by atoms with Crippen LogP contribution in [-0.2, 0) is 0 Å². The van der Waals surface area contributed by atoms with Gasteiger partial charge in [-0.15, -0.1) is 0 Å². The second kappa shape index (κ2) is 6.81. The Balaban J connectivity index is 2.72. The zero-order valence-corrected chi connectivity index (χ0v) is 10.1. The molecule has 6 heteroatoms. The van der Waals surface area contributed by atoms with Crippen molar-refractivity contribution in [2.24, 2.45) is 5.73 Å². The van der Waals surface area contributed by atoms with Gasteiger partial charge in [0.15, 0.2) is 0 Å². The van der Waals surface area contributed by atoms with Gasteiger partial charge in [0.2, 0.25) is 0 Å². The van der Waals surface area contributed by atoms with Gasteiger partial charge in [0.1, 0.15) is 0 Å². The third-order valence-electron chi connectivity index (χ3n) is 2.19. The van der Waals surface area contributed by atoms with Gasteiger partial charge in [-0.05, 0) is 12.1 Å². The number of hydrogen-bond acceptors (Lipinski definition) is 2. The summed E-state index contributed by atoms with van der Waals surface area (Å²) in [5.41, 5.74) is 5.91. The van der Waals surface area contributed by atoms with E-state index in [-0.39, 0.29) is 12.1 Å². The van der Waals surface area contributed by atoms with Crippen LogP contribution in [0.2, 0.25) is 0 Å². The van der Waals surface area contributed by atoms with E-state index in [1.165, 1.54) is 6.07 Å². The van der Waals surface area contributed by atoms with Crippen molar-refractivity contribution in [2.45, 2.75) is 12.6 Å². The Labute approximate surface area is 109 Å². The Kier molecular flexibility index (Phi) is 5.39. The van der Waals surface area contributed by atoms with Crippen LogP contribution in [0.25, 0.3) is 0 Å². The molecule has 1 aromatic rings. The molecule has 19 heavy (non-hydrogen) atoms. The second-order valence-corrected chi connectivity index (χ2v) is 3.67. The van der Waals surface area contributed by atoms with Gasteiger partial charge in [-0.25, -0.2) is 0 Å². The summed E-state index contributed by atoms with van der Waals surface area (Å²) in [6.45, 7) is -0.314. The summed E-state index contributed by atoms with van der Waals surface area (Å²) in [5, 5.41) is 2.21. The zero-order chi connectivity index (χ0) is 14.3. The molecule has 0 aliphatic heterocycles. The standard InChI is InChI=1S/C13H13F3N2O/c14-13(15,16)7-9-18-12(19)11-6-2-1-4-10(11)5-3-8-17/h1-2,4,6H,7-9,17H2,(H,18,19). The lowest BCUT2D eigenvalue weighted by Gasteiger charge is -2.08. The molecule has 1 aromatic carbocycles. The van der Waals surface area contributed by atoms with Gasteiger partial charge in [0.05, 0.1) is 18.5 Å². The lowest BCUT2D eigenvalue weighted by molar-refractivity contribution is -0.132. The van der Waals surface area contributed by atoms with Crippen LogP contribution >= 0.6 is 0 Å². The van der Waals surface area contributed by atoms with Crippen molar-refractivity contribution < 1.29 is 18.0 Å². The Hall–Kier alpha value is -2.00. The van der Waals surface area contributed by atoms with Crippen LogP contribution in [-0.4, -0.2) is 25.2 Å². The number of benzene rings is 1. The van der Waals surface area contributed by atoms with Gasteiger partial charge in [0, 0.05) is 12.1 Å². The van der Waals surface area contributed by atoms with Crippen molar-refractivity contribution >= 4 is 5.91 Å². The van der Waals surface area contributed by atoms with Crippen LogP contribution in [0.1, 0.15) is 22.3 Å². The van der Waals surface area contributed by atoms with Gasteiger partial charge in [-0.3, -0.25) is 4.79 Å². The number of hydrogen-bond donors (Lipinski definition) is 2. The van der Waals surface area contributed by atoms with E-state index in [0.29, 0.717) is 5.56 Å². The number of rotatable bonds is 3. The Morgan fingerprint density at radius 1 is 1.32 bits per heavy atom. The van der Waals surface area contributed by atoms with E-state index < -0.39 is 25.0 Å². The van der Waals surface area contributed by atoms with Crippen molar-refractivity contribution in [1.82, 2.24) is 5.32 Å². The summed E-state index contributed by atoms with van der Waals surface area (Å²) in [7, 11) is 0. The molecule has 0 radical (unpaired) electrons. The molecule has 0 aromatic heterocycles. The average molecular weight is 270 g/mol. The quantitative estimate of drug-likeness (QED) is 0.821. The molecular formula is C13H13F3N2O. The van der Waals surface area contributed by atoms with Gasteiger partial charge in [0.25, 0.3) is 5.91 Å². The number of carbonyl (C=O) groups excluding carboxylic acids is 1. The van der Waals surface area contributed by atoms with E-state index in [9.17, 15) is 18.0 Å². The van der Waals surface area contributed by atoms with Crippen LogP contribution < -0.4 is 11.1 Å². The minimum atomic E-state index is -4.29. The smallest absolute Gasteiger partial charge is 0.352 e. The van der Waals surface area contributed by atoms with Crippen LogP contribution in [0, 0.1) is 11.8 Å². The van der Waals surface area contributed by atoms with Crippen LogP contribution in [0.5, 0.6) is 0 Å². The number of nitrogens with two attached hydrogens (primary N) is 1. The fourth-order valence-electron chi connectivity index (χ4n) is 1.35. The maximum atomic E-state index is 12.0. The SMILES string of the molecule is NCC#Cc1ccccc1C(=O)NCCC(F)(F)F. The van der Waals surface area contributed by atoms with Gasteiger partial charge >= 0.3 is 6.18 Å². The van der Waals surface area contributed by atoms with Crippen molar-refractivity contribution in [3.8, 4) is 11.8 Å². The molecule has 0 aliphatic rings. The van der Waals surface area contributed by atoms with E-state index in [2.05, 4.69) is 17.2 Å². The van der Waals surface area contributed by atoms with Crippen LogP contribution in [0.15, 0.2) is 24.3 Å². The van der Waals surface area contributed by atoms with Crippen molar-refractivity contribution in [3.05, 3.63) is 35.4 Å². The fraction of sp³-hybridized carbons (Fsp3) is 0.308. The van der Waals surface area contributed by atoms with E-state index >= 15 is 0 Å². The number of carbonyl (C=O) groups is 1. The van der Waals surface area contributed by atoms with Gasteiger partial charge < -0.3 is 11.1 Å². The summed E-state index contributed by atoms with van der Waals surface area (Å²) in [6, 6.07) is 6.42. The molecule has 1 rings (SSSR count). The molecule has 0 spiro atoms. The summed E-state index contributed by atoms with van der Waals surface area (Å²) < 4.78 is 35.9. The fourth-order valence-corrected chi connectivity index (χ4v) is 1.35. The van der Waals surface area contributed by atoms with Gasteiger partial charge in [-0.2, -0.15) is 13.2 Å². The summed E-state index contributed by atoms with van der Waals surface area (Å²) >= 11 is 0. The topological polar surface area (TPSA) is 55.1 Å². The third-order valence-corrected chi connectivity index (χ3v) is 2.19. The second-order valence-electron chi connectivity index (χ2n) is 3.67. The molecule has 0 bridgehead atoms. The van der Waals surface area contributed by atoms with Crippen LogP contribution in [0.4, 0.5) is 13.2 Å². The molecule has 3 nitrogen and oxygen atoms in total. The molecule has 0 aliphatic carbocycles. The Bertz CT molecular complexity index is 501. The predicted molar refractivity (Wildman–Crippen MR) is 65.4 cm³/mol. The largest absolute Gasteiger partial charge is 0.390 e. The number of alkyl halides is 3. The van der Waals surface area contributed by atoms with E-state index in [4.69, 9.17) is 5.73 Å². The lowest BCUT2D eigenvalue weighted by atomic mass is 10.1. The summed E-state index contributed by atoms with van der Waals surface area (Å²) in [5.74, 6) is 4.72. The average Bonchev–Trinajstić information content (AvgIpc) is 2.35. The highest BCUT2D eigenvalue weighted by molar-refractivity contribution is 5.96. The molecule has 0 unspecified atom stereocenters. The van der Waals surface area contributed by atoms with E-state index in [0.717, 1.165) is 0 Å². The molecule has 1 amide bonds. The Morgan fingerprint density at radius 3 is 2.63 bits per heavy atom. The number of amides is 1. The minimum absolute atomic E-state index is 0.143. The number of nitrogens with one attached hydrogen (secondary N) is 1. The highest BCUT2D eigenvalue weighted by atomic mass is 19.4. The maximum absolute atomic E-state index is 12.0. The first-order chi connectivity index (χ1) is 8.94. The summed E-state index contributed by atoms with van der Waals surface area (Å²) in [4.78, 5) is 11.7. The molecule has 0 atom stereocenters. The van der Waals surface area contributed by atoms with E-state index in [1.807, 2.05) is 0 Å². The molecule has 3 N–H and O–H groups in total. The van der Waals surface area contributed by atoms with Crippen molar-refractivity contribution in [2.75, 3.05) is 13.1 Å². The third kappa shape index (κ3) is 5.44. The highest BCUT2D eigenvalue weighted by Crippen LogP contribution is 2.18. The maximum Gasteiger partial charge on any atom is 0.390 e. The summed E-state index contributed by atoms with van der Waals surface area (Å²) in [6.07, 6.45) is -5.35. The highest BCUT2D eigenvalue weighted by Gasteiger charge is 2.26. The molecular weight excluding hydrogens is 257 g/mol. The van der Waals surface area contributed by atoms with Gasteiger partial charge in [-0.1, -0.05) is 24.0 Å². The molecule has 0 saturated carbocycles. The molecule has 0 fully saturated rings. The first-order valence-electron chi connectivity index (χ1n) is 5.57. The lowest BCUT2D eigenvalue weighted by Crippen LogP contribution is -2.28. The van der Waals surface area contributed by atoms with E-state index in [1.54, 1.807) is 18.2 Å². The minimum Gasteiger partial charge on any atom is -0.352 e. The normalized spacial score (nSPS) is 10.5. The van der Waals surface area contributed by atoms with Crippen LogP contribution in [0.3, 0.4) is 0 Å². The molecule has 102 valence electrons. The van der Waals surface area contributed by atoms with Crippen molar-refractivity contribution in [3.63, 3.8) is 0 Å². The monoisotopic (exact) mass is 270 g/mol. The first-order valence-corrected chi connectivity index (χ1v) is 5.57. The molecule has 0 heterocycles. The Morgan fingerprint density at radius 2 is 2.00 bits per heavy atom. The van der Waals surface area contributed by atoms with Crippen molar-refractivity contribution in [1.29, 1.82) is 0 Å². The predicted octanol–water partition coefficient (Wildman–Crippen LogP) is 1.68. The molecule has 0 saturated heterocycles.